The molecule has 0 saturated carbocycles. The standard InChI is InChI=1S/C12H12N6O2S/c1-21-12-16-11-15-9(19)6-7(18(11)17-12)10(20)14-8-4-2-3-5-13-8/h2-5,7H,6H2,1H3,(H,13,14,20)(H,15,16,17,19)/t7-/m1/s1. The maximum atomic E-state index is 12.3. The third kappa shape index (κ3) is 2.72. The first-order chi connectivity index (χ1) is 10.2. The minimum atomic E-state index is -0.732. The summed E-state index contributed by atoms with van der Waals surface area (Å²) in [5.41, 5.74) is 0. The number of nitrogens with one attached hydrogen (secondary N) is 2. The van der Waals surface area contributed by atoms with Gasteiger partial charge in [0.15, 0.2) is 0 Å². The van der Waals surface area contributed by atoms with Gasteiger partial charge in [0.2, 0.25) is 17.0 Å². The fourth-order valence-electron chi connectivity index (χ4n) is 1.98. The number of hydrogen-bond donors (Lipinski definition) is 2. The van der Waals surface area contributed by atoms with Crippen LogP contribution in [-0.4, -0.2) is 37.8 Å². The molecule has 0 radical (unpaired) electrons. The molecule has 9 heteroatoms. The predicted octanol–water partition coefficient (Wildman–Crippen LogP) is 0.917. The van der Waals surface area contributed by atoms with E-state index in [4.69, 9.17) is 0 Å². The first kappa shape index (κ1) is 13.6. The number of hydrogen-bond acceptors (Lipinski definition) is 6. The summed E-state index contributed by atoms with van der Waals surface area (Å²) in [5, 5.41) is 10.0. The number of nitrogens with zero attached hydrogens (tertiary/aromatic N) is 4. The molecule has 2 amide bonds. The lowest BCUT2D eigenvalue weighted by molar-refractivity contribution is -0.125. The summed E-state index contributed by atoms with van der Waals surface area (Å²) in [5.74, 6) is 0.114. The van der Waals surface area contributed by atoms with E-state index in [1.165, 1.54) is 16.4 Å². The van der Waals surface area contributed by atoms with Crippen molar-refractivity contribution in [2.75, 3.05) is 16.9 Å². The van der Waals surface area contributed by atoms with Crippen LogP contribution in [0.5, 0.6) is 0 Å². The Morgan fingerprint density at radius 1 is 1.52 bits per heavy atom. The Bertz CT molecular complexity index is 686. The molecule has 21 heavy (non-hydrogen) atoms. The lowest BCUT2D eigenvalue weighted by Crippen LogP contribution is -2.36. The molecule has 1 aliphatic rings. The number of thioether (sulfide) groups is 1. The Morgan fingerprint density at radius 2 is 2.38 bits per heavy atom. The van der Waals surface area contributed by atoms with E-state index in [0.29, 0.717) is 11.0 Å². The van der Waals surface area contributed by atoms with Crippen molar-refractivity contribution in [2.24, 2.45) is 0 Å². The first-order valence-corrected chi connectivity index (χ1v) is 7.42. The second-order valence-electron chi connectivity index (χ2n) is 4.34. The highest BCUT2D eigenvalue weighted by atomic mass is 32.2. The van der Waals surface area contributed by atoms with Gasteiger partial charge in [0.1, 0.15) is 11.9 Å². The van der Waals surface area contributed by atoms with Crippen molar-refractivity contribution in [1.29, 1.82) is 0 Å². The van der Waals surface area contributed by atoms with Crippen molar-refractivity contribution in [1.82, 2.24) is 19.7 Å². The fourth-order valence-corrected chi connectivity index (χ4v) is 2.33. The second kappa shape index (κ2) is 5.52. The molecule has 0 bridgehead atoms. The number of fused-ring (bicyclic) bond motifs is 1. The Balaban J connectivity index is 1.86. The molecule has 3 rings (SSSR count). The summed E-state index contributed by atoms with van der Waals surface area (Å²) in [4.78, 5) is 32.2. The van der Waals surface area contributed by atoms with Crippen molar-refractivity contribution in [3.8, 4) is 0 Å². The van der Waals surface area contributed by atoms with E-state index >= 15 is 0 Å². The molecule has 3 heterocycles. The van der Waals surface area contributed by atoms with E-state index in [1.54, 1.807) is 24.4 Å². The van der Waals surface area contributed by atoms with Gasteiger partial charge in [0.25, 0.3) is 5.91 Å². The molecule has 2 aromatic heterocycles. The maximum Gasteiger partial charge on any atom is 0.251 e. The van der Waals surface area contributed by atoms with Gasteiger partial charge in [-0.1, -0.05) is 17.8 Å². The van der Waals surface area contributed by atoms with Crippen LogP contribution in [0.4, 0.5) is 11.8 Å². The molecule has 2 N–H and O–H groups in total. The zero-order chi connectivity index (χ0) is 14.8. The molecule has 0 spiro atoms. The molecule has 108 valence electrons. The highest BCUT2D eigenvalue weighted by Gasteiger charge is 2.33. The highest BCUT2D eigenvalue weighted by molar-refractivity contribution is 7.98. The predicted molar refractivity (Wildman–Crippen MR) is 77.0 cm³/mol. The Kier molecular flexibility index (Phi) is 3.57. The largest absolute Gasteiger partial charge is 0.309 e. The van der Waals surface area contributed by atoms with Crippen molar-refractivity contribution in [3.63, 3.8) is 0 Å². The summed E-state index contributed by atoms with van der Waals surface area (Å²) < 4.78 is 1.44. The van der Waals surface area contributed by atoms with Crippen molar-refractivity contribution < 1.29 is 9.59 Å². The molecule has 1 aliphatic heterocycles. The molecule has 2 aromatic rings. The van der Waals surface area contributed by atoms with Crippen molar-refractivity contribution >= 4 is 35.3 Å². The average molecular weight is 304 g/mol. The van der Waals surface area contributed by atoms with Crippen molar-refractivity contribution in [2.45, 2.75) is 17.6 Å². The second-order valence-corrected chi connectivity index (χ2v) is 5.11. The molecular weight excluding hydrogens is 292 g/mol. The minimum Gasteiger partial charge on any atom is -0.309 e. The van der Waals surface area contributed by atoms with E-state index < -0.39 is 6.04 Å². The van der Waals surface area contributed by atoms with Crippen LogP contribution < -0.4 is 10.6 Å². The minimum absolute atomic E-state index is 0.0167. The number of aromatic nitrogens is 4. The highest BCUT2D eigenvalue weighted by Crippen LogP contribution is 2.25. The Hall–Kier alpha value is -2.42. The number of rotatable bonds is 3. The summed E-state index contributed by atoms with van der Waals surface area (Å²) in [6.45, 7) is 0. The normalized spacial score (nSPS) is 17.0. The third-order valence-electron chi connectivity index (χ3n) is 2.94. The van der Waals surface area contributed by atoms with Gasteiger partial charge in [-0.15, -0.1) is 5.10 Å². The van der Waals surface area contributed by atoms with Crippen LogP contribution in [0.2, 0.25) is 0 Å². The van der Waals surface area contributed by atoms with Crippen LogP contribution in [0.1, 0.15) is 12.5 Å². The zero-order valence-electron chi connectivity index (χ0n) is 11.1. The van der Waals surface area contributed by atoms with Crippen LogP contribution in [0.25, 0.3) is 0 Å². The molecule has 1 atom stereocenters. The van der Waals surface area contributed by atoms with Crippen LogP contribution >= 0.6 is 11.8 Å². The Morgan fingerprint density at radius 3 is 3.10 bits per heavy atom. The molecule has 0 aliphatic carbocycles. The van der Waals surface area contributed by atoms with Gasteiger partial charge in [0.05, 0.1) is 6.42 Å². The van der Waals surface area contributed by atoms with Gasteiger partial charge in [-0.05, 0) is 18.4 Å². The van der Waals surface area contributed by atoms with Crippen LogP contribution in [0, 0.1) is 0 Å². The fraction of sp³-hybridized carbons (Fsp3) is 0.250. The summed E-state index contributed by atoms with van der Waals surface area (Å²) >= 11 is 1.34. The van der Waals surface area contributed by atoms with Gasteiger partial charge in [-0.2, -0.15) is 4.98 Å². The molecule has 0 fully saturated rings. The average Bonchev–Trinajstić information content (AvgIpc) is 2.90. The van der Waals surface area contributed by atoms with Gasteiger partial charge in [0, 0.05) is 6.20 Å². The summed E-state index contributed by atoms with van der Waals surface area (Å²) in [6.07, 6.45) is 3.42. The molecule has 0 saturated heterocycles. The van der Waals surface area contributed by atoms with Gasteiger partial charge >= 0.3 is 0 Å². The van der Waals surface area contributed by atoms with Crippen LogP contribution in [-0.2, 0) is 9.59 Å². The quantitative estimate of drug-likeness (QED) is 0.817. The van der Waals surface area contributed by atoms with E-state index in [9.17, 15) is 9.59 Å². The number of anilines is 2. The molecule has 8 nitrogen and oxygen atoms in total. The summed E-state index contributed by atoms with van der Waals surface area (Å²) in [6, 6.07) is 4.47. The zero-order valence-corrected chi connectivity index (χ0v) is 11.9. The summed E-state index contributed by atoms with van der Waals surface area (Å²) in [7, 11) is 0. The van der Waals surface area contributed by atoms with E-state index in [-0.39, 0.29) is 24.2 Å². The lowest BCUT2D eigenvalue weighted by atomic mass is 10.1. The molecular formula is C12H12N6O2S. The Labute approximate surface area is 124 Å². The molecule has 0 unspecified atom stereocenters. The topological polar surface area (TPSA) is 102 Å². The SMILES string of the molecule is CSc1nc2n(n1)[C@@H](C(=O)Nc1ccccn1)CC(=O)N2. The van der Waals surface area contributed by atoms with Crippen LogP contribution in [0.15, 0.2) is 29.6 Å². The van der Waals surface area contributed by atoms with Gasteiger partial charge in [-0.25, -0.2) is 9.67 Å². The third-order valence-corrected chi connectivity index (χ3v) is 3.48. The smallest absolute Gasteiger partial charge is 0.251 e. The van der Waals surface area contributed by atoms with Crippen LogP contribution in [0.3, 0.4) is 0 Å². The number of carbonyl (C=O) groups excluding carboxylic acids is 2. The number of carbonyl (C=O) groups is 2. The maximum absolute atomic E-state index is 12.3. The number of amides is 2. The molecule has 0 aromatic carbocycles. The lowest BCUT2D eigenvalue weighted by Gasteiger charge is -2.22. The van der Waals surface area contributed by atoms with Crippen molar-refractivity contribution in [3.05, 3.63) is 24.4 Å². The van der Waals surface area contributed by atoms with Gasteiger partial charge in [-0.3, -0.25) is 14.9 Å². The van der Waals surface area contributed by atoms with E-state index in [0.717, 1.165) is 0 Å². The van der Waals surface area contributed by atoms with E-state index in [1.807, 2.05) is 6.26 Å². The van der Waals surface area contributed by atoms with E-state index in [2.05, 4.69) is 25.7 Å². The monoisotopic (exact) mass is 304 g/mol. The first-order valence-electron chi connectivity index (χ1n) is 6.19. The van der Waals surface area contributed by atoms with Gasteiger partial charge < -0.3 is 5.32 Å². The number of pyridine rings is 1.